The summed E-state index contributed by atoms with van der Waals surface area (Å²) in [5, 5.41) is 3.48. The van der Waals surface area contributed by atoms with Crippen LogP contribution in [-0.4, -0.2) is 31.1 Å². The van der Waals surface area contributed by atoms with Crippen LogP contribution in [0.5, 0.6) is 0 Å². The van der Waals surface area contributed by atoms with Crippen molar-refractivity contribution in [2.75, 3.05) is 26.2 Å². The largest absolute Gasteiger partial charge is 0.468 e. The summed E-state index contributed by atoms with van der Waals surface area (Å²) in [6.07, 6.45) is 4.53. The Morgan fingerprint density at radius 3 is 2.82 bits per heavy atom. The topological polar surface area (TPSA) is 28.4 Å². The second-order valence-corrected chi connectivity index (χ2v) is 5.27. The van der Waals surface area contributed by atoms with E-state index in [0.29, 0.717) is 5.92 Å². The number of hydrogen-bond donors (Lipinski definition) is 1. The van der Waals surface area contributed by atoms with E-state index >= 15 is 0 Å². The maximum atomic E-state index is 5.41. The number of furan rings is 1. The Morgan fingerprint density at radius 2 is 2.18 bits per heavy atom. The molecule has 1 aliphatic heterocycles. The molecule has 1 aromatic heterocycles. The first-order valence-corrected chi connectivity index (χ1v) is 6.72. The molecule has 1 saturated heterocycles. The molecule has 17 heavy (non-hydrogen) atoms. The first-order valence-electron chi connectivity index (χ1n) is 6.72. The SMILES string of the molecule is Cc1ccoc1CNCC(C)CN1CCCC1. The number of aryl methyl sites for hydroxylation is 1. The van der Waals surface area contributed by atoms with Crippen molar-refractivity contribution in [3.63, 3.8) is 0 Å². The van der Waals surface area contributed by atoms with Crippen molar-refractivity contribution in [3.8, 4) is 0 Å². The molecule has 2 heterocycles. The Morgan fingerprint density at radius 1 is 1.41 bits per heavy atom. The molecule has 0 aliphatic carbocycles. The number of nitrogens with one attached hydrogen (secondary N) is 1. The fraction of sp³-hybridized carbons (Fsp3) is 0.714. The van der Waals surface area contributed by atoms with Gasteiger partial charge in [0.25, 0.3) is 0 Å². The van der Waals surface area contributed by atoms with Gasteiger partial charge in [-0.15, -0.1) is 0 Å². The van der Waals surface area contributed by atoms with E-state index in [0.717, 1.165) is 18.8 Å². The maximum Gasteiger partial charge on any atom is 0.120 e. The highest BCUT2D eigenvalue weighted by Gasteiger charge is 2.14. The minimum atomic E-state index is 0.711. The molecule has 1 fully saturated rings. The minimum absolute atomic E-state index is 0.711. The van der Waals surface area contributed by atoms with Crippen molar-refractivity contribution in [3.05, 3.63) is 23.7 Å². The third-order valence-corrected chi connectivity index (χ3v) is 3.52. The summed E-state index contributed by atoms with van der Waals surface area (Å²) in [5.74, 6) is 1.78. The smallest absolute Gasteiger partial charge is 0.120 e. The van der Waals surface area contributed by atoms with Crippen molar-refractivity contribution in [1.82, 2.24) is 10.2 Å². The molecule has 0 radical (unpaired) electrons. The van der Waals surface area contributed by atoms with Crippen molar-refractivity contribution in [2.24, 2.45) is 5.92 Å². The quantitative estimate of drug-likeness (QED) is 0.822. The third kappa shape index (κ3) is 3.86. The molecule has 3 nitrogen and oxygen atoms in total. The van der Waals surface area contributed by atoms with Gasteiger partial charge in [-0.25, -0.2) is 0 Å². The highest BCUT2D eigenvalue weighted by atomic mass is 16.3. The summed E-state index contributed by atoms with van der Waals surface area (Å²) in [5.41, 5.74) is 1.24. The Bertz CT molecular complexity index is 329. The zero-order valence-corrected chi connectivity index (χ0v) is 11.0. The number of hydrogen-bond acceptors (Lipinski definition) is 3. The third-order valence-electron chi connectivity index (χ3n) is 3.52. The lowest BCUT2D eigenvalue weighted by molar-refractivity contribution is 0.281. The van der Waals surface area contributed by atoms with Crippen LogP contribution in [0.25, 0.3) is 0 Å². The van der Waals surface area contributed by atoms with Gasteiger partial charge >= 0.3 is 0 Å². The number of likely N-dealkylation sites (tertiary alicyclic amines) is 1. The van der Waals surface area contributed by atoms with Gasteiger partial charge in [0.05, 0.1) is 12.8 Å². The fourth-order valence-electron chi connectivity index (χ4n) is 2.49. The van der Waals surface area contributed by atoms with Gasteiger partial charge in [0.1, 0.15) is 5.76 Å². The predicted molar refractivity (Wildman–Crippen MR) is 70.0 cm³/mol. The van der Waals surface area contributed by atoms with Crippen LogP contribution in [0.4, 0.5) is 0 Å². The molecule has 0 amide bonds. The molecule has 96 valence electrons. The van der Waals surface area contributed by atoms with Crippen LogP contribution in [0.1, 0.15) is 31.1 Å². The average Bonchev–Trinajstić information content (AvgIpc) is 2.91. The Balaban J connectivity index is 1.62. The van der Waals surface area contributed by atoms with Crippen LogP contribution in [0.15, 0.2) is 16.7 Å². The van der Waals surface area contributed by atoms with Gasteiger partial charge in [0.2, 0.25) is 0 Å². The molecular weight excluding hydrogens is 212 g/mol. The van der Waals surface area contributed by atoms with Crippen LogP contribution < -0.4 is 5.32 Å². The molecule has 1 unspecified atom stereocenters. The summed E-state index contributed by atoms with van der Waals surface area (Å²) in [7, 11) is 0. The molecule has 3 heteroatoms. The van der Waals surface area contributed by atoms with Crippen molar-refractivity contribution in [2.45, 2.75) is 33.2 Å². The zero-order chi connectivity index (χ0) is 12.1. The molecule has 0 aromatic carbocycles. The molecule has 1 N–H and O–H groups in total. The Kier molecular flexibility index (Phi) is 4.63. The standard InChI is InChI=1S/C14H24N2O/c1-12(11-16-6-3-4-7-16)9-15-10-14-13(2)5-8-17-14/h5,8,12,15H,3-4,6-7,9-11H2,1-2H3. The number of rotatable bonds is 6. The van der Waals surface area contributed by atoms with E-state index in [1.54, 1.807) is 6.26 Å². The van der Waals surface area contributed by atoms with Gasteiger partial charge in [-0.3, -0.25) is 0 Å². The van der Waals surface area contributed by atoms with Gasteiger partial charge in [-0.1, -0.05) is 6.92 Å². The fourth-order valence-corrected chi connectivity index (χ4v) is 2.49. The number of nitrogens with zero attached hydrogens (tertiary/aromatic N) is 1. The van der Waals surface area contributed by atoms with Gasteiger partial charge in [0, 0.05) is 6.54 Å². The minimum Gasteiger partial charge on any atom is -0.468 e. The summed E-state index contributed by atoms with van der Waals surface area (Å²) in [6.45, 7) is 10.1. The van der Waals surface area contributed by atoms with E-state index in [9.17, 15) is 0 Å². The van der Waals surface area contributed by atoms with E-state index in [-0.39, 0.29) is 0 Å². The van der Waals surface area contributed by atoms with Crippen molar-refractivity contribution >= 4 is 0 Å². The van der Waals surface area contributed by atoms with Crippen LogP contribution in [0.3, 0.4) is 0 Å². The van der Waals surface area contributed by atoms with E-state index in [2.05, 4.69) is 24.1 Å². The lowest BCUT2D eigenvalue weighted by Crippen LogP contribution is -2.31. The van der Waals surface area contributed by atoms with Gasteiger partial charge < -0.3 is 14.6 Å². The summed E-state index contributed by atoms with van der Waals surface area (Å²) in [6, 6.07) is 2.02. The predicted octanol–water partition coefficient (Wildman–Crippen LogP) is 2.41. The normalized spacial score (nSPS) is 18.7. The van der Waals surface area contributed by atoms with Crippen LogP contribution >= 0.6 is 0 Å². The highest BCUT2D eigenvalue weighted by Crippen LogP contribution is 2.11. The Labute approximate surface area is 104 Å². The molecule has 0 saturated carbocycles. The molecule has 1 aliphatic rings. The van der Waals surface area contributed by atoms with E-state index < -0.39 is 0 Å². The van der Waals surface area contributed by atoms with Crippen LogP contribution in [0, 0.1) is 12.8 Å². The maximum absolute atomic E-state index is 5.41. The molecule has 1 atom stereocenters. The highest BCUT2D eigenvalue weighted by molar-refractivity contribution is 5.13. The van der Waals surface area contributed by atoms with Crippen LogP contribution in [0.2, 0.25) is 0 Å². The van der Waals surface area contributed by atoms with Crippen LogP contribution in [-0.2, 0) is 6.54 Å². The summed E-state index contributed by atoms with van der Waals surface area (Å²) >= 11 is 0. The lowest BCUT2D eigenvalue weighted by atomic mass is 10.1. The molecule has 0 bridgehead atoms. The molecular formula is C14H24N2O. The molecule has 2 rings (SSSR count). The second-order valence-electron chi connectivity index (χ2n) is 5.27. The Hall–Kier alpha value is -0.800. The van der Waals surface area contributed by atoms with Gasteiger partial charge in [0.15, 0.2) is 0 Å². The first-order chi connectivity index (χ1) is 8.25. The zero-order valence-electron chi connectivity index (χ0n) is 11.0. The van der Waals surface area contributed by atoms with Crippen molar-refractivity contribution in [1.29, 1.82) is 0 Å². The average molecular weight is 236 g/mol. The van der Waals surface area contributed by atoms with Crippen molar-refractivity contribution < 1.29 is 4.42 Å². The summed E-state index contributed by atoms with van der Waals surface area (Å²) in [4.78, 5) is 2.57. The molecule has 0 spiro atoms. The summed E-state index contributed by atoms with van der Waals surface area (Å²) < 4.78 is 5.41. The molecule has 1 aromatic rings. The monoisotopic (exact) mass is 236 g/mol. The lowest BCUT2D eigenvalue weighted by Gasteiger charge is -2.20. The van der Waals surface area contributed by atoms with Gasteiger partial charge in [-0.05, 0) is 56.9 Å². The second kappa shape index (κ2) is 6.22. The first kappa shape index (κ1) is 12.7. The van der Waals surface area contributed by atoms with E-state index in [4.69, 9.17) is 4.42 Å². The van der Waals surface area contributed by atoms with E-state index in [1.165, 1.54) is 38.0 Å². The van der Waals surface area contributed by atoms with E-state index in [1.807, 2.05) is 6.07 Å². The van der Waals surface area contributed by atoms with Gasteiger partial charge in [-0.2, -0.15) is 0 Å².